The molecule has 0 saturated heterocycles. The van der Waals surface area contributed by atoms with Crippen LogP contribution in [0.2, 0.25) is 5.02 Å². The van der Waals surface area contributed by atoms with Crippen LogP contribution in [0.4, 0.5) is 5.69 Å². The van der Waals surface area contributed by atoms with E-state index in [-0.39, 0.29) is 0 Å². The van der Waals surface area contributed by atoms with Gasteiger partial charge in [0.1, 0.15) is 11.5 Å². The second-order valence-electron chi connectivity index (χ2n) is 5.89. The normalized spacial score (nSPS) is 10.4. The molecular formula is C22H22ClNO2. The van der Waals surface area contributed by atoms with Gasteiger partial charge in [0.15, 0.2) is 0 Å². The fourth-order valence-electron chi connectivity index (χ4n) is 2.69. The van der Waals surface area contributed by atoms with Crippen molar-refractivity contribution in [1.82, 2.24) is 0 Å². The van der Waals surface area contributed by atoms with Crippen LogP contribution in [0.1, 0.15) is 11.1 Å². The van der Waals surface area contributed by atoms with E-state index in [1.165, 1.54) is 5.56 Å². The Labute approximate surface area is 159 Å². The Morgan fingerprint density at radius 3 is 2.42 bits per heavy atom. The van der Waals surface area contributed by atoms with Crippen LogP contribution in [-0.2, 0) is 13.0 Å². The highest BCUT2D eigenvalue weighted by Crippen LogP contribution is 2.28. The zero-order valence-electron chi connectivity index (χ0n) is 14.7. The molecular weight excluding hydrogens is 346 g/mol. The standard InChI is InChI=1S/C22H22ClNO2/c1-25-22-12-11-19(15-20(22)23)24-16-18-9-5-6-10-21(18)26-14-13-17-7-3-2-4-8-17/h2-12,15,24H,13-14,16H2,1H3. The number of nitrogens with one attached hydrogen (secondary N) is 1. The summed E-state index contributed by atoms with van der Waals surface area (Å²) < 4.78 is 11.2. The van der Waals surface area contributed by atoms with Gasteiger partial charge in [-0.3, -0.25) is 0 Å². The van der Waals surface area contributed by atoms with Gasteiger partial charge in [-0.15, -0.1) is 0 Å². The number of benzene rings is 3. The molecule has 4 heteroatoms. The van der Waals surface area contributed by atoms with Crippen LogP contribution < -0.4 is 14.8 Å². The molecule has 0 unspecified atom stereocenters. The Morgan fingerprint density at radius 1 is 0.885 bits per heavy atom. The lowest BCUT2D eigenvalue weighted by atomic mass is 10.1. The quantitative estimate of drug-likeness (QED) is 0.563. The van der Waals surface area contributed by atoms with Crippen LogP contribution in [0.5, 0.6) is 11.5 Å². The molecule has 26 heavy (non-hydrogen) atoms. The number of methoxy groups -OCH3 is 1. The average molecular weight is 368 g/mol. The van der Waals surface area contributed by atoms with Crippen molar-refractivity contribution in [3.05, 3.63) is 88.9 Å². The molecule has 134 valence electrons. The summed E-state index contributed by atoms with van der Waals surface area (Å²) in [4.78, 5) is 0. The fourth-order valence-corrected chi connectivity index (χ4v) is 2.95. The van der Waals surface area contributed by atoms with E-state index in [0.29, 0.717) is 23.9 Å². The van der Waals surface area contributed by atoms with Gasteiger partial charge in [-0.1, -0.05) is 60.1 Å². The van der Waals surface area contributed by atoms with Crippen molar-refractivity contribution in [2.24, 2.45) is 0 Å². The first kappa shape index (κ1) is 18.2. The predicted molar refractivity (Wildman–Crippen MR) is 107 cm³/mol. The molecule has 0 aliphatic rings. The molecule has 0 spiro atoms. The van der Waals surface area contributed by atoms with E-state index in [1.807, 2.05) is 54.6 Å². The number of rotatable bonds is 8. The van der Waals surface area contributed by atoms with Crippen molar-refractivity contribution in [2.75, 3.05) is 19.0 Å². The summed E-state index contributed by atoms with van der Waals surface area (Å²) >= 11 is 6.18. The summed E-state index contributed by atoms with van der Waals surface area (Å²) in [6.45, 7) is 1.31. The maximum absolute atomic E-state index is 6.18. The minimum Gasteiger partial charge on any atom is -0.495 e. The van der Waals surface area contributed by atoms with Crippen LogP contribution in [0.15, 0.2) is 72.8 Å². The van der Waals surface area contributed by atoms with E-state index >= 15 is 0 Å². The zero-order valence-corrected chi connectivity index (χ0v) is 15.5. The van der Waals surface area contributed by atoms with Gasteiger partial charge in [-0.25, -0.2) is 0 Å². The molecule has 0 atom stereocenters. The summed E-state index contributed by atoms with van der Waals surface area (Å²) in [6, 6.07) is 24.1. The van der Waals surface area contributed by atoms with Gasteiger partial charge >= 0.3 is 0 Å². The number of hydrogen-bond donors (Lipinski definition) is 1. The number of ether oxygens (including phenoxy) is 2. The van der Waals surface area contributed by atoms with E-state index in [1.54, 1.807) is 7.11 Å². The highest BCUT2D eigenvalue weighted by atomic mass is 35.5. The molecule has 0 saturated carbocycles. The van der Waals surface area contributed by atoms with E-state index in [9.17, 15) is 0 Å². The molecule has 0 bridgehead atoms. The molecule has 0 aliphatic heterocycles. The lowest BCUT2D eigenvalue weighted by Gasteiger charge is -2.13. The van der Waals surface area contributed by atoms with E-state index in [0.717, 1.165) is 23.4 Å². The number of para-hydroxylation sites is 1. The van der Waals surface area contributed by atoms with E-state index in [2.05, 4.69) is 23.5 Å². The van der Waals surface area contributed by atoms with Crippen molar-refractivity contribution < 1.29 is 9.47 Å². The van der Waals surface area contributed by atoms with Gasteiger partial charge in [0.05, 0.1) is 18.7 Å². The molecule has 0 heterocycles. The van der Waals surface area contributed by atoms with Crippen LogP contribution in [-0.4, -0.2) is 13.7 Å². The Balaban J connectivity index is 1.59. The molecule has 0 amide bonds. The van der Waals surface area contributed by atoms with Crippen molar-refractivity contribution in [2.45, 2.75) is 13.0 Å². The molecule has 1 N–H and O–H groups in total. The second kappa shape index (κ2) is 9.16. The smallest absolute Gasteiger partial charge is 0.137 e. The van der Waals surface area contributed by atoms with Crippen LogP contribution in [0, 0.1) is 0 Å². The molecule has 0 aliphatic carbocycles. The minimum atomic E-state index is 0.588. The summed E-state index contributed by atoms with van der Waals surface area (Å²) in [5.74, 6) is 1.57. The maximum Gasteiger partial charge on any atom is 0.137 e. The summed E-state index contributed by atoms with van der Waals surface area (Å²) in [7, 11) is 1.61. The second-order valence-corrected chi connectivity index (χ2v) is 6.30. The largest absolute Gasteiger partial charge is 0.495 e. The lowest BCUT2D eigenvalue weighted by molar-refractivity contribution is 0.319. The summed E-state index contributed by atoms with van der Waals surface area (Å²) in [5.41, 5.74) is 3.32. The Hall–Kier alpha value is -2.65. The fraction of sp³-hybridized carbons (Fsp3) is 0.182. The van der Waals surface area contributed by atoms with Crippen molar-refractivity contribution in [3.63, 3.8) is 0 Å². The van der Waals surface area contributed by atoms with Crippen molar-refractivity contribution in [3.8, 4) is 11.5 Å². The van der Waals surface area contributed by atoms with Gasteiger partial charge < -0.3 is 14.8 Å². The third-order valence-electron chi connectivity index (χ3n) is 4.10. The van der Waals surface area contributed by atoms with Crippen LogP contribution >= 0.6 is 11.6 Å². The number of hydrogen-bond acceptors (Lipinski definition) is 3. The first-order chi connectivity index (χ1) is 12.8. The number of halogens is 1. The summed E-state index contributed by atoms with van der Waals surface area (Å²) in [6.07, 6.45) is 0.886. The van der Waals surface area contributed by atoms with Gasteiger partial charge in [0.2, 0.25) is 0 Å². The van der Waals surface area contributed by atoms with E-state index < -0.39 is 0 Å². The third-order valence-corrected chi connectivity index (χ3v) is 4.39. The Bertz CT molecular complexity index is 837. The predicted octanol–water partition coefficient (Wildman–Crippen LogP) is 5.58. The Kier molecular flexibility index (Phi) is 6.39. The van der Waals surface area contributed by atoms with Gasteiger partial charge in [-0.2, -0.15) is 0 Å². The van der Waals surface area contributed by atoms with Crippen LogP contribution in [0.25, 0.3) is 0 Å². The molecule has 3 aromatic rings. The molecule has 3 rings (SSSR count). The minimum absolute atomic E-state index is 0.588. The van der Waals surface area contributed by atoms with Crippen molar-refractivity contribution in [1.29, 1.82) is 0 Å². The first-order valence-corrected chi connectivity index (χ1v) is 8.96. The van der Waals surface area contributed by atoms with Crippen LogP contribution in [0.3, 0.4) is 0 Å². The third kappa shape index (κ3) is 4.93. The maximum atomic E-state index is 6.18. The highest BCUT2D eigenvalue weighted by molar-refractivity contribution is 6.32. The zero-order chi connectivity index (χ0) is 18.2. The summed E-state index contributed by atoms with van der Waals surface area (Å²) in [5, 5.41) is 3.97. The van der Waals surface area contributed by atoms with Crippen molar-refractivity contribution >= 4 is 17.3 Å². The first-order valence-electron chi connectivity index (χ1n) is 8.58. The molecule has 3 aromatic carbocycles. The molecule has 0 aromatic heterocycles. The number of anilines is 1. The van der Waals surface area contributed by atoms with Gasteiger partial charge in [0.25, 0.3) is 0 Å². The van der Waals surface area contributed by atoms with Gasteiger partial charge in [0, 0.05) is 24.2 Å². The topological polar surface area (TPSA) is 30.5 Å². The molecule has 0 radical (unpaired) electrons. The monoisotopic (exact) mass is 367 g/mol. The Morgan fingerprint density at radius 2 is 1.65 bits per heavy atom. The molecule has 3 nitrogen and oxygen atoms in total. The van der Waals surface area contributed by atoms with Gasteiger partial charge in [-0.05, 0) is 29.8 Å². The average Bonchev–Trinajstić information content (AvgIpc) is 2.68. The lowest BCUT2D eigenvalue weighted by Crippen LogP contribution is -2.06. The van der Waals surface area contributed by atoms with E-state index in [4.69, 9.17) is 21.1 Å². The molecule has 0 fully saturated rings. The SMILES string of the molecule is COc1ccc(NCc2ccccc2OCCc2ccccc2)cc1Cl. The highest BCUT2D eigenvalue weighted by Gasteiger charge is 2.05.